The smallest absolute Gasteiger partial charge is 0.237 e. The van der Waals surface area contributed by atoms with Crippen molar-refractivity contribution in [3.8, 4) is 0 Å². The highest BCUT2D eigenvalue weighted by Crippen LogP contribution is 2.26. The van der Waals surface area contributed by atoms with Gasteiger partial charge in [0.15, 0.2) is 0 Å². The lowest BCUT2D eigenvalue weighted by Crippen LogP contribution is -2.22. The minimum absolute atomic E-state index is 0.0191. The Morgan fingerprint density at radius 2 is 2.00 bits per heavy atom. The summed E-state index contributed by atoms with van der Waals surface area (Å²) in [6.45, 7) is 1.91. The molecule has 0 aliphatic rings. The van der Waals surface area contributed by atoms with Crippen molar-refractivity contribution in [2.24, 2.45) is 0 Å². The fourth-order valence-corrected chi connectivity index (χ4v) is 2.96. The second-order valence-electron chi connectivity index (χ2n) is 4.56. The maximum atomic E-state index is 12.1. The molecule has 0 saturated heterocycles. The molecule has 0 aliphatic heterocycles. The number of carbonyl (C=O) groups excluding carboxylic acids is 1. The molecule has 0 fully saturated rings. The van der Waals surface area contributed by atoms with Gasteiger partial charge in [0, 0.05) is 15.9 Å². The number of amides is 1. The first-order valence-electron chi connectivity index (χ1n) is 6.47. The van der Waals surface area contributed by atoms with Crippen LogP contribution in [0, 0.1) is 0 Å². The Bertz CT molecular complexity index is 621. The lowest BCUT2D eigenvalue weighted by atomic mass is 10.2. The maximum Gasteiger partial charge on any atom is 0.237 e. The van der Waals surface area contributed by atoms with Crippen molar-refractivity contribution in [3.63, 3.8) is 0 Å². The Hall–Kier alpha value is -0.970. The van der Waals surface area contributed by atoms with E-state index in [2.05, 4.69) is 33.4 Å². The molecule has 0 heterocycles. The summed E-state index contributed by atoms with van der Waals surface area (Å²) in [5, 5.41) is 3.33. The first kappa shape index (κ1) is 16.4. The summed E-state index contributed by atoms with van der Waals surface area (Å²) in [7, 11) is 0. The molecule has 2 aromatic rings. The summed E-state index contributed by atoms with van der Waals surface area (Å²) in [5.74, 6) is 0.797. The largest absolute Gasteiger partial charge is 0.325 e. The number of rotatable bonds is 5. The van der Waals surface area contributed by atoms with Gasteiger partial charge in [-0.1, -0.05) is 41.9 Å². The van der Waals surface area contributed by atoms with E-state index in [-0.39, 0.29) is 11.2 Å². The summed E-state index contributed by atoms with van der Waals surface area (Å²) in [5.41, 5.74) is 1.93. The molecule has 1 N–H and O–H groups in total. The van der Waals surface area contributed by atoms with E-state index in [9.17, 15) is 4.79 Å². The van der Waals surface area contributed by atoms with Crippen LogP contribution in [0.3, 0.4) is 0 Å². The van der Waals surface area contributed by atoms with E-state index in [1.165, 1.54) is 5.56 Å². The second kappa shape index (κ2) is 7.87. The number of hydrogen-bond acceptors (Lipinski definition) is 2. The van der Waals surface area contributed by atoms with Crippen molar-refractivity contribution in [1.82, 2.24) is 0 Å². The second-order valence-corrected chi connectivity index (χ2v) is 7.15. The van der Waals surface area contributed by atoms with Gasteiger partial charge in [-0.2, -0.15) is 0 Å². The monoisotopic (exact) mass is 383 g/mol. The van der Waals surface area contributed by atoms with Crippen molar-refractivity contribution in [1.29, 1.82) is 0 Å². The van der Waals surface area contributed by atoms with Crippen LogP contribution < -0.4 is 5.32 Å². The predicted molar refractivity (Wildman–Crippen MR) is 95.0 cm³/mol. The van der Waals surface area contributed by atoms with Gasteiger partial charge in [-0.3, -0.25) is 4.79 Å². The summed E-state index contributed by atoms with van der Waals surface area (Å²) in [4.78, 5) is 12.1. The molecule has 0 bridgehead atoms. The Labute approximate surface area is 142 Å². The first-order chi connectivity index (χ1) is 10.1. The van der Waals surface area contributed by atoms with Gasteiger partial charge in [0.05, 0.1) is 10.3 Å². The first-order valence-corrected chi connectivity index (χ1v) is 8.69. The van der Waals surface area contributed by atoms with Gasteiger partial charge in [-0.25, -0.2) is 0 Å². The molecule has 1 amide bonds. The van der Waals surface area contributed by atoms with Crippen LogP contribution in [0.4, 0.5) is 5.69 Å². The molecule has 2 nitrogen and oxygen atoms in total. The van der Waals surface area contributed by atoms with E-state index >= 15 is 0 Å². The number of halogens is 2. The quantitative estimate of drug-likeness (QED) is 0.751. The third-order valence-corrected chi connectivity index (χ3v) is 5.35. The average molecular weight is 385 g/mol. The number of nitrogens with one attached hydrogen (secondary N) is 1. The highest BCUT2D eigenvalue weighted by atomic mass is 79.9. The van der Waals surface area contributed by atoms with Crippen LogP contribution in [0.2, 0.25) is 5.02 Å². The zero-order valence-electron chi connectivity index (χ0n) is 11.5. The van der Waals surface area contributed by atoms with E-state index < -0.39 is 0 Å². The molecular weight excluding hydrogens is 370 g/mol. The van der Waals surface area contributed by atoms with Gasteiger partial charge in [0.2, 0.25) is 5.91 Å². The third kappa shape index (κ3) is 5.06. The molecule has 0 saturated carbocycles. The number of carbonyl (C=O) groups is 1. The molecule has 21 heavy (non-hydrogen) atoms. The molecule has 2 rings (SSSR count). The molecule has 0 aliphatic carbocycles. The van der Waals surface area contributed by atoms with Gasteiger partial charge in [0.25, 0.3) is 0 Å². The predicted octanol–water partition coefficient (Wildman–Crippen LogP) is 5.36. The number of thioether (sulfide) groups is 1. The van der Waals surface area contributed by atoms with Crippen LogP contribution in [0.5, 0.6) is 0 Å². The van der Waals surface area contributed by atoms with E-state index in [1.54, 1.807) is 17.8 Å². The minimum Gasteiger partial charge on any atom is -0.325 e. The van der Waals surface area contributed by atoms with Crippen LogP contribution in [0.15, 0.2) is 53.0 Å². The van der Waals surface area contributed by atoms with Gasteiger partial charge in [-0.05, 0) is 46.6 Å². The van der Waals surface area contributed by atoms with Crippen LogP contribution >= 0.6 is 39.3 Å². The van der Waals surface area contributed by atoms with Crippen LogP contribution in [-0.4, -0.2) is 11.2 Å². The Morgan fingerprint density at radius 1 is 1.29 bits per heavy atom. The highest BCUT2D eigenvalue weighted by molar-refractivity contribution is 9.10. The van der Waals surface area contributed by atoms with E-state index in [4.69, 9.17) is 11.6 Å². The molecule has 5 heteroatoms. The average Bonchev–Trinajstić information content (AvgIpc) is 2.49. The van der Waals surface area contributed by atoms with E-state index in [0.29, 0.717) is 10.7 Å². The Kier molecular flexibility index (Phi) is 6.15. The van der Waals surface area contributed by atoms with Crippen LogP contribution in [0.1, 0.15) is 12.5 Å². The maximum absolute atomic E-state index is 12.1. The standard InChI is InChI=1S/C16H15BrClNOS/c1-11(21-10-12-5-3-2-4-6-12)16(20)19-13-7-8-14(17)15(18)9-13/h2-9,11H,10H2,1H3,(H,19,20)/t11-/m0/s1. The molecule has 2 aromatic carbocycles. The molecule has 0 aromatic heterocycles. The topological polar surface area (TPSA) is 29.1 Å². The van der Waals surface area contributed by atoms with Crippen molar-refractivity contribution >= 4 is 50.9 Å². The molecule has 0 spiro atoms. The van der Waals surface area contributed by atoms with Crippen molar-refractivity contribution in [2.45, 2.75) is 17.9 Å². The SMILES string of the molecule is C[C@H](SCc1ccccc1)C(=O)Nc1ccc(Br)c(Cl)c1. The summed E-state index contributed by atoms with van der Waals surface area (Å²) in [6.07, 6.45) is 0. The van der Waals surface area contributed by atoms with Crippen molar-refractivity contribution in [3.05, 3.63) is 63.6 Å². The molecule has 0 radical (unpaired) electrons. The Balaban J connectivity index is 1.89. The fourth-order valence-electron chi connectivity index (χ4n) is 1.69. The lowest BCUT2D eigenvalue weighted by Gasteiger charge is -2.12. The molecule has 1 atom stereocenters. The zero-order valence-corrected chi connectivity index (χ0v) is 14.6. The van der Waals surface area contributed by atoms with Gasteiger partial charge in [-0.15, -0.1) is 11.8 Å². The molecular formula is C16H15BrClNOS. The van der Waals surface area contributed by atoms with Crippen molar-refractivity contribution < 1.29 is 4.79 Å². The van der Waals surface area contributed by atoms with Gasteiger partial charge in [0.1, 0.15) is 0 Å². The molecule has 110 valence electrons. The molecule has 0 unspecified atom stereocenters. The van der Waals surface area contributed by atoms with Gasteiger partial charge < -0.3 is 5.32 Å². The van der Waals surface area contributed by atoms with Crippen molar-refractivity contribution in [2.75, 3.05) is 5.32 Å². The zero-order chi connectivity index (χ0) is 15.2. The van der Waals surface area contributed by atoms with E-state index in [0.717, 1.165) is 10.2 Å². The summed E-state index contributed by atoms with van der Waals surface area (Å²) in [6, 6.07) is 15.5. The van der Waals surface area contributed by atoms with Gasteiger partial charge >= 0.3 is 0 Å². The van der Waals surface area contributed by atoms with Crippen LogP contribution in [0.25, 0.3) is 0 Å². The van der Waals surface area contributed by atoms with Crippen LogP contribution in [-0.2, 0) is 10.5 Å². The fraction of sp³-hybridized carbons (Fsp3) is 0.188. The number of benzene rings is 2. The number of anilines is 1. The highest BCUT2D eigenvalue weighted by Gasteiger charge is 2.14. The third-order valence-electron chi connectivity index (χ3n) is 2.90. The van der Waals surface area contributed by atoms with E-state index in [1.807, 2.05) is 37.3 Å². The summed E-state index contributed by atoms with van der Waals surface area (Å²) < 4.78 is 0.814. The Morgan fingerprint density at radius 3 is 2.67 bits per heavy atom. The minimum atomic E-state index is -0.132. The number of hydrogen-bond donors (Lipinski definition) is 1. The lowest BCUT2D eigenvalue weighted by molar-refractivity contribution is -0.115. The normalized spacial score (nSPS) is 12.0. The summed E-state index contributed by atoms with van der Waals surface area (Å²) >= 11 is 11.0.